The molecule has 5 heteroatoms. The zero-order valence-corrected chi connectivity index (χ0v) is 9.04. The molecule has 0 bridgehead atoms. The molecule has 86 valence electrons. The summed E-state index contributed by atoms with van der Waals surface area (Å²) in [5, 5.41) is 9.88. The van der Waals surface area contributed by atoms with Crippen LogP contribution in [0.5, 0.6) is 0 Å². The van der Waals surface area contributed by atoms with Crippen LogP contribution in [0.2, 0.25) is 0 Å². The van der Waals surface area contributed by atoms with Crippen molar-refractivity contribution in [2.45, 2.75) is 44.2 Å². The van der Waals surface area contributed by atoms with Gasteiger partial charge in [0.2, 0.25) is 0 Å². The van der Waals surface area contributed by atoms with Crippen LogP contribution >= 0.6 is 0 Å². The molecular weight excluding hydrogens is 200 g/mol. The fourth-order valence-corrected chi connectivity index (χ4v) is 1.83. The van der Waals surface area contributed by atoms with Gasteiger partial charge in [0.15, 0.2) is 12.1 Å². The number of fused-ring (bicyclic) bond motifs is 1. The number of ether oxygens (including phenoxy) is 4. The van der Waals surface area contributed by atoms with Gasteiger partial charge >= 0.3 is 0 Å². The topological polar surface area (TPSA) is 57.2 Å². The molecule has 0 unspecified atom stereocenters. The number of methoxy groups -OCH3 is 1. The maximum atomic E-state index is 9.88. The highest BCUT2D eigenvalue weighted by atomic mass is 16.8. The quantitative estimate of drug-likeness (QED) is 0.676. The third kappa shape index (κ3) is 2.01. The van der Waals surface area contributed by atoms with Crippen molar-refractivity contribution < 1.29 is 24.1 Å². The minimum atomic E-state index is -0.719. The molecule has 0 aliphatic carbocycles. The van der Waals surface area contributed by atoms with Gasteiger partial charge in [-0.25, -0.2) is 0 Å². The zero-order chi connectivity index (χ0) is 11.1. The maximum absolute atomic E-state index is 9.88. The number of aliphatic hydroxyl groups excluding tert-OH is 1. The van der Waals surface area contributed by atoms with Crippen molar-refractivity contribution in [3.63, 3.8) is 0 Å². The highest BCUT2D eigenvalue weighted by Crippen LogP contribution is 2.37. The molecule has 0 aromatic carbocycles. The number of aliphatic hydroxyl groups is 1. The minimum Gasteiger partial charge on any atom is -0.505 e. The predicted molar refractivity (Wildman–Crippen MR) is 50.9 cm³/mol. The highest BCUT2D eigenvalue weighted by Gasteiger charge is 2.53. The van der Waals surface area contributed by atoms with Gasteiger partial charge < -0.3 is 24.1 Å². The second kappa shape index (κ2) is 3.75. The van der Waals surface area contributed by atoms with Crippen LogP contribution in [-0.2, 0) is 18.9 Å². The summed E-state index contributed by atoms with van der Waals surface area (Å²) < 4.78 is 21.2. The lowest BCUT2D eigenvalue weighted by atomic mass is 10.1. The van der Waals surface area contributed by atoms with Crippen LogP contribution in [-0.4, -0.2) is 42.6 Å². The molecule has 0 saturated carbocycles. The molecule has 2 fully saturated rings. The molecular formula is C10H16O5. The van der Waals surface area contributed by atoms with Crippen LogP contribution in [0.3, 0.4) is 0 Å². The summed E-state index contributed by atoms with van der Waals surface area (Å²) in [5.74, 6) is -0.688. The molecule has 5 nitrogen and oxygen atoms in total. The van der Waals surface area contributed by atoms with Crippen molar-refractivity contribution in [2.75, 3.05) is 7.11 Å². The first kappa shape index (κ1) is 10.9. The third-order valence-electron chi connectivity index (χ3n) is 2.46. The monoisotopic (exact) mass is 216 g/mol. The standard InChI is InChI=1S/C10H16O5/c1-10(2)14-8-7(11)6(4-5-12-3)13-9(8)15-10/h4-9,11H,1-3H3/b5-4-/t6-,7+,8-,9-/m1/s1. The van der Waals surface area contributed by atoms with Gasteiger partial charge in [-0.15, -0.1) is 0 Å². The summed E-state index contributed by atoms with van der Waals surface area (Å²) >= 11 is 0. The Bertz CT molecular complexity index is 263. The smallest absolute Gasteiger partial charge is 0.190 e. The Morgan fingerprint density at radius 1 is 1.33 bits per heavy atom. The molecule has 2 rings (SSSR count). The summed E-state index contributed by atoms with van der Waals surface area (Å²) in [5.41, 5.74) is 0. The van der Waals surface area contributed by atoms with Crippen LogP contribution in [0.4, 0.5) is 0 Å². The highest BCUT2D eigenvalue weighted by molar-refractivity contribution is 5.01. The fraction of sp³-hybridized carbons (Fsp3) is 0.800. The molecule has 1 N–H and O–H groups in total. The number of rotatable bonds is 2. The average Bonchev–Trinajstić information content (AvgIpc) is 2.58. The lowest BCUT2D eigenvalue weighted by molar-refractivity contribution is -0.209. The SMILES string of the molecule is CO/C=C\[C@H]1O[C@@H]2OC(C)(C)O[C@@H]2[C@H]1O. The second-order valence-corrected chi connectivity index (χ2v) is 4.12. The van der Waals surface area contributed by atoms with E-state index < -0.39 is 30.4 Å². The first-order valence-corrected chi connectivity index (χ1v) is 4.92. The Labute approximate surface area is 88.6 Å². The number of hydrogen-bond donors (Lipinski definition) is 1. The van der Waals surface area contributed by atoms with E-state index in [2.05, 4.69) is 0 Å². The molecule has 0 aromatic heterocycles. The van der Waals surface area contributed by atoms with Crippen molar-refractivity contribution in [3.8, 4) is 0 Å². The van der Waals surface area contributed by atoms with Crippen LogP contribution in [0.25, 0.3) is 0 Å². The van der Waals surface area contributed by atoms with Gasteiger partial charge in [-0.2, -0.15) is 0 Å². The average molecular weight is 216 g/mol. The van der Waals surface area contributed by atoms with E-state index in [9.17, 15) is 5.11 Å². The van der Waals surface area contributed by atoms with Crippen LogP contribution in [0.1, 0.15) is 13.8 Å². The van der Waals surface area contributed by atoms with Gasteiger partial charge in [-0.3, -0.25) is 0 Å². The van der Waals surface area contributed by atoms with E-state index in [1.54, 1.807) is 19.9 Å². The Balaban J connectivity index is 2.01. The summed E-state index contributed by atoms with van der Waals surface area (Å²) in [7, 11) is 1.54. The van der Waals surface area contributed by atoms with Crippen LogP contribution in [0, 0.1) is 0 Å². The van der Waals surface area contributed by atoms with Crippen LogP contribution in [0.15, 0.2) is 12.3 Å². The summed E-state index contributed by atoms with van der Waals surface area (Å²) in [6.07, 6.45) is 1.04. The zero-order valence-electron chi connectivity index (χ0n) is 9.04. The van der Waals surface area contributed by atoms with E-state index in [0.29, 0.717) is 0 Å². The van der Waals surface area contributed by atoms with E-state index in [1.165, 1.54) is 13.4 Å². The Hall–Kier alpha value is -0.620. The van der Waals surface area contributed by atoms with Crippen molar-refractivity contribution >= 4 is 0 Å². The molecule has 2 heterocycles. The molecule has 15 heavy (non-hydrogen) atoms. The van der Waals surface area contributed by atoms with Gasteiger partial charge in [0, 0.05) is 0 Å². The van der Waals surface area contributed by atoms with Crippen molar-refractivity contribution in [3.05, 3.63) is 12.3 Å². The lowest BCUT2D eigenvalue weighted by Crippen LogP contribution is -2.33. The fourth-order valence-electron chi connectivity index (χ4n) is 1.83. The molecule has 2 saturated heterocycles. The van der Waals surface area contributed by atoms with E-state index in [-0.39, 0.29) is 0 Å². The second-order valence-electron chi connectivity index (χ2n) is 4.12. The normalized spacial score (nSPS) is 43.5. The van der Waals surface area contributed by atoms with E-state index >= 15 is 0 Å². The van der Waals surface area contributed by atoms with E-state index in [1.807, 2.05) is 0 Å². The van der Waals surface area contributed by atoms with Gasteiger partial charge in [-0.05, 0) is 19.9 Å². The molecule has 0 spiro atoms. The van der Waals surface area contributed by atoms with E-state index in [0.717, 1.165) is 0 Å². The summed E-state index contributed by atoms with van der Waals surface area (Å²) in [6.45, 7) is 3.59. The Morgan fingerprint density at radius 3 is 2.67 bits per heavy atom. The molecule has 2 aliphatic heterocycles. The minimum absolute atomic E-state index is 0.425. The van der Waals surface area contributed by atoms with Crippen molar-refractivity contribution in [1.82, 2.24) is 0 Å². The molecule has 0 amide bonds. The molecule has 0 radical (unpaired) electrons. The molecule has 0 aromatic rings. The molecule has 4 atom stereocenters. The molecule has 2 aliphatic rings. The predicted octanol–water partition coefficient (Wildman–Crippen LogP) is 0.384. The van der Waals surface area contributed by atoms with Gasteiger partial charge in [0.05, 0.1) is 13.4 Å². The first-order valence-electron chi connectivity index (χ1n) is 4.92. The lowest BCUT2D eigenvalue weighted by Gasteiger charge is -2.21. The number of hydrogen-bond acceptors (Lipinski definition) is 5. The Kier molecular flexibility index (Phi) is 2.72. The van der Waals surface area contributed by atoms with E-state index in [4.69, 9.17) is 18.9 Å². The first-order chi connectivity index (χ1) is 7.03. The van der Waals surface area contributed by atoms with Crippen molar-refractivity contribution in [1.29, 1.82) is 0 Å². The van der Waals surface area contributed by atoms with Crippen LogP contribution < -0.4 is 0 Å². The van der Waals surface area contributed by atoms with Crippen molar-refractivity contribution in [2.24, 2.45) is 0 Å². The maximum Gasteiger partial charge on any atom is 0.190 e. The largest absolute Gasteiger partial charge is 0.505 e. The Morgan fingerprint density at radius 2 is 2.07 bits per heavy atom. The summed E-state index contributed by atoms with van der Waals surface area (Å²) in [6, 6.07) is 0. The van der Waals surface area contributed by atoms with Gasteiger partial charge in [-0.1, -0.05) is 0 Å². The summed E-state index contributed by atoms with van der Waals surface area (Å²) in [4.78, 5) is 0. The van der Waals surface area contributed by atoms with Gasteiger partial charge in [0.25, 0.3) is 0 Å². The third-order valence-corrected chi connectivity index (χ3v) is 2.46. The van der Waals surface area contributed by atoms with Gasteiger partial charge in [0.1, 0.15) is 18.3 Å².